The maximum Gasteiger partial charge on any atom is 0.178 e. The number of aryl methyl sites for hydroxylation is 1. The molecule has 0 saturated heterocycles. The highest BCUT2D eigenvalue weighted by atomic mass is 16.5. The van der Waals surface area contributed by atoms with Crippen molar-refractivity contribution >= 4 is 11.6 Å². The van der Waals surface area contributed by atoms with Crippen LogP contribution in [0.25, 0.3) is 0 Å². The minimum Gasteiger partial charge on any atom is -0.508 e. The molecule has 3 rings (SSSR count). The highest BCUT2D eigenvalue weighted by Gasteiger charge is 2.33. The van der Waals surface area contributed by atoms with Crippen molar-refractivity contribution in [3.8, 4) is 11.5 Å². The van der Waals surface area contributed by atoms with Crippen LogP contribution in [0.4, 0.5) is 0 Å². The van der Waals surface area contributed by atoms with Crippen molar-refractivity contribution in [1.29, 1.82) is 0 Å². The molecule has 4 heteroatoms. The summed E-state index contributed by atoms with van der Waals surface area (Å²) in [5, 5.41) is 10.1. The average Bonchev–Trinajstić information content (AvgIpc) is 2.84. The second-order valence-electron chi connectivity index (χ2n) is 11.2. The van der Waals surface area contributed by atoms with Gasteiger partial charge in [-0.15, -0.1) is 0 Å². The third-order valence-corrected chi connectivity index (χ3v) is 7.19. The van der Waals surface area contributed by atoms with Gasteiger partial charge in [0.15, 0.2) is 11.6 Å². The Kier molecular flexibility index (Phi) is 12.0. The van der Waals surface area contributed by atoms with E-state index in [-0.39, 0.29) is 17.2 Å². The third kappa shape index (κ3) is 10.3. The van der Waals surface area contributed by atoms with E-state index in [0.29, 0.717) is 5.75 Å². The van der Waals surface area contributed by atoms with Crippen LogP contribution in [0.5, 0.6) is 11.5 Å². The van der Waals surface area contributed by atoms with Crippen LogP contribution < -0.4 is 4.74 Å². The van der Waals surface area contributed by atoms with E-state index in [0.717, 1.165) is 61.8 Å². The second-order valence-corrected chi connectivity index (χ2v) is 11.2. The Morgan fingerprint density at radius 3 is 1.97 bits per heavy atom. The minimum atomic E-state index is -0.126. The van der Waals surface area contributed by atoms with Crippen molar-refractivity contribution in [3.63, 3.8) is 0 Å². The predicted molar refractivity (Wildman–Crippen MR) is 158 cm³/mol. The quantitative estimate of drug-likeness (QED) is 0.263. The number of hydrogen-bond acceptors (Lipinski definition) is 4. The summed E-state index contributed by atoms with van der Waals surface area (Å²) >= 11 is 0. The number of ether oxygens (including phenoxy) is 1. The first-order valence-electron chi connectivity index (χ1n) is 13.8. The molecular formula is C34H46O4. The SMILES string of the molecule is CC(C)=CCC/C(C)=C/CC/C(C)=C/CC[C@]1(C)CCc2c(C)c(O)cc(C)c2O1.O=C1C=CC(=O)C=C1. The van der Waals surface area contributed by atoms with Crippen LogP contribution in [0, 0.1) is 13.8 Å². The molecule has 1 heterocycles. The number of ketones is 2. The van der Waals surface area contributed by atoms with Crippen molar-refractivity contribution in [2.75, 3.05) is 0 Å². The topological polar surface area (TPSA) is 63.6 Å². The van der Waals surface area contributed by atoms with Crippen LogP contribution in [0.3, 0.4) is 0 Å². The molecule has 0 amide bonds. The van der Waals surface area contributed by atoms with Gasteiger partial charge in [0.1, 0.15) is 17.1 Å². The van der Waals surface area contributed by atoms with E-state index in [1.54, 1.807) is 0 Å². The van der Waals surface area contributed by atoms with Gasteiger partial charge < -0.3 is 9.84 Å². The molecule has 1 aliphatic heterocycles. The summed E-state index contributed by atoms with van der Waals surface area (Å²) in [4.78, 5) is 20.6. The van der Waals surface area contributed by atoms with Crippen LogP contribution in [0.2, 0.25) is 0 Å². The fourth-order valence-corrected chi connectivity index (χ4v) is 4.65. The summed E-state index contributed by atoms with van der Waals surface area (Å²) in [6.45, 7) is 15.1. The fourth-order valence-electron chi connectivity index (χ4n) is 4.65. The number of phenols is 1. The van der Waals surface area contributed by atoms with E-state index in [4.69, 9.17) is 4.74 Å². The number of carbonyl (C=O) groups excluding carboxylic acids is 2. The van der Waals surface area contributed by atoms with Gasteiger partial charge in [-0.2, -0.15) is 0 Å². The first-order chi connectivity index (χ1) is 17.9. The predicted octanol–water partition coefficient (Wildman–Crippen LogP) is 8.54. The highest BCUT2D eigenvalue weighted by Crippen LogP contribution is 2.42. The molecular weight excluding hydrogens is 472 g/mol. The summed E-state index contributed by atoms with van der Waals surface area (Å²) in [7, 11) is 0. The van der Waals surface area contributed by atoms with E-state index in [1.807, 2.05) is 19.9 Å². The maximum atomic E-state index is 10.3. The molecule has 0 unspecified atom stereocenters. The van der Waals surface area contributed by atoms with Gasteiger partial charge in [-0.25, -0.2) is 0 Å². The molecule has 0 aromatic heterocycles. The number of benzene rings is 1. The van der Waals surface area contributed by atoms with E-state index in [9.17, 15) is 14.7 Å². The van der Waals surface area contributed by atoms with Crippen LogP contribution in [-0.4, -0.2) is 22.3 Å². The van der Waals surface area contributed by atoms with Gasteiger partial charge in [0.05, 0.1) is 0 Å². The van der Waals surface area contributed by atoms with Gasteiger partial charge in [-0.05, 0) is 141 Å². The molecule has 0 saturated carbocycles. The number of phenolic OH excluding ortho intramolecular Hbond substituents is 1. The van der Waals surface area contributed by atoms with Crippen molar-refractivity contribution < 1.29 is 19.4 Å². The Labute approximate surface area is 229 Å². The number of fused-ring (bicyclic) bond motifs is 1. The summed E-state index contributed by atoms with van der Waals surface area (Å²) < 4.78 is 6.48. The molecule has 0 fully saturated rings. The first-order valence-corrected chi connectivity index (χ1v) is 13.8. The average molecular weight is 519 g/mol. The van der Waals surface area contributed by atoms with Crippen molar-refractivity contribution in [3.05, 3.63) is 82.0 Å². The Morgan fingerprint density at radius 1 is 0.895 bits per heavy atom. The molecule has 1 aliphatic carbocycles. The zero-order chi connectivity index (χ0) is 28.3. The lowest BCUT2D eigenvalue weighted by Crippen LogP contribution is -2.36. The molecule has 1 N–H and O–H groups in total. The number of aromatic hydroxyl groups is 1. The van der Waals surface area contributed by atoms with Crippen LogP contribution in [-0.2, 0) is 16.0 Å². The molecule has 38 heavy (non-hydrogen) atoms. The van der Waals surface area contributed by atoms with Crippen molar-refractivity contribution in [1.82, 2.24) is 0 Å². The molecule has 1 atom stereocenters. The fraction of sp³-hybridized carbons (Fsp3) is 0.471. The van der Waals surface area contributed by atoms with Gasteiger partial charge in [0.25, 0.3) is 0 Å². The van der Waals surface area contributed by atoms with Gasteiger partial charge >= 0.3 is 0 Å². The monoisotopic (exact) mass is 518 g/mol. The smallest absolute Gasteiger partial charge is 0.178 e. The van der Waals surface area contributed by atoms with Gasteiger partial charge in [0, 0.05) is 5.56 Å². The van der Waals surface area contributed by atoms with Crippen molar-refractivity contribution in [2.24, 2.45) is 0 Å². The maximum absolute atomic E-state index is 10.3. The lowest BCUT2D eigenvalue weighted by atomic mass is 9.86. The molecule has 0 radical (unpaired) electrons. The Bertz CT molecular complexity index is 1120. The van der Waals surface area contributed by atoms with Gasteiger partial charge in [-0.3, -0.25) is 9.59 Å². The zero-order valence-electron chi connectivity index (χ0n) is 24.4. The van der Waals surface area contributed by atoms with Crippen molar-refractivity contribution in [2.45, 2.75) is 105 Å². The number of rotatable bonds is 9. The Balaban J connectivity index is 0.000000538. The zero-order valence-corrected chi connectivity index (χ0v) is 24.4. The van der Waals surface area contributed by atoms with Gasteiger partial charge in [-0.1, -0.05) is 34.9 Å². The van der Waals surface area contributed by atoms with Gasteiger partial charge in [0.2, 0.25) is 0 Å². The lowest BCUT2D eigenvalue weighted by molar-refractivity contribution is -0.113. The molecule has 2 aliphatic rings. The molecule has 1 aromatic rings. The molecule has 0 spiro atoms. The minimum absolute atomic E-state index is 0.121. The highest BCUT2D eigenvalue weighted by molar-refractivity contribution is 6.14. The summed E-state index contributed by atoms with van der Waals surface area (Å²) in [5.41, 5.74) is 7.45. The lowest BCUT2D eigenvalue weighted by Gasteiger charge is -2.37. The molecule has 4 nitrogen and oxygen atoms in total. The summed E-state index contributed by atoms with van der Waals surface area (Å²) in [5.74, 6) is 1.14. The largest absolute Gasteiger partial charge is 0.508 e. The van der Waals surface area contributed by atoms with Crippen LogP contribution in [0.1, 0.15) is 96.3 Å². The van der Waals surface area contributed by atoms with Crippen LogP contribution in [0.15, 0.2) is 65.3 Å². The second kappa shape index (κ2) is 14.7. The normalized spacial score (nSPS) is 18.9. The number of allylic oxidation sites excluding steroid dienone is 10. The van der Waals surface area contributed by atoms with E-state index in [2.05, 4.69) is 52.8 Å². The van der Waals surface area contributed by atoms with Crippen LogP contribution >= 0.6 is 0 Å². The summed E-state index contributed by atoms with van der Waals surface area (Å²) in [6, 6.07) is 1.83. The first kappa shape index (κ1) is 31.1. The van der Waals surface area contributed by atoms with E-state index in [1.165, 1.54) is 53.0 Å². The third-order valence-electron chi connectivity index (χ3n) is 7.19. The van der Waals surface area contributed by atoms with E-state index < -0.39 is 0 Å². The Hall–Kier alpha value is -3.14. The molecule has 1 aromatic carbocycles. The molecule has 206 valence electrons. The van der Waals surface area contributed by atoms with E-state index >= 15 is 0 Å². The number of carbonyl (C=O) groups is 2. The summed E-state index contributed by atoms with van der Waals surface area (Å²) in [6.07, 6.45) is 20.8. The standard InChI is InChI=1S/C28H42O2.C6H4O2/c1-20(2)11-8-12-21(3)13-9-14-22(4)15-10-17-28(7)18-16-25-24(6)26(29)19-23(5)27(25)30-28;7-5-1-2-6(8)4-3-5/h11,13,15,19,29H,8-10,12,14,16-18H2,1-7H3;1-4H/b21-13+,22-15+;/t28-;/m1./s1. The Morgan fingerprint density at radius 2 is 1.42 bits per heavy atom. The molecule has 0 bridgehead atoms. The number of hydrogen-bond donors (Lipinski definition) is 1.